The Labute approximate surface area is 145 Å². The predicted molar refractivity (Wildman–Crippen MR) is 91.2 cm³/mol. The molecule has 0 bridgehead atoms. The Bertz CT molecular complexity index is 897. The van der Waals surface area contributed by atoms with Gasteiger partial charge in [0.25, 0.3) is 0 Å². The van der Waals surface area contributed by atoms with Gasteiger partial charge in [-0.05, 0) is 23.3 Å². The van der Waals surface area contributed by atoms with Crippen molar-refractivity contribution in [3.63, 3.8) is 0 Å². The van der Waals surface area contributed by atoms with Crippen molar-refractivity contribution < 1.29 is 0 Å². The lowest BCUT2D eigenvalue weighted by Crippen LogP contribution is -2.23. The van der Waals surface area contributed by atoms with Gasteiger partial charge in [-0.15, -0.1) is 15.3 Å². The number of rotatable bonds is 3. The molecule has 0 saturated carbocycles. The molecule has 25 heavy (non-hydrogen) atoms. The van der Waals surface area contributed by atoms with Crippen LogP contribution in [0.1, 0.15) is 45.3 Å². The molecule has 10 nitrogen and oxygen atoms in total. The first-order valence-electron chi connectivity index (χ1n) is 8.51. The highest BCUT2D eigenvalue weighted by atomic mass is 15.6. The summed E-state index contributed by atoms with van der Waals surface area (Å²) in [7, 11) is 1.80. The Balaban J connectivity index is 1.81. The summed E-state index contributed by atoms with van der Waals surface area (Å²) in [5.41, 5.74) is 1.21. The number of aromatic nitrogens is 9. The van der Waals surface area contributed by atoms with Gasteiger partial charge in [0.1, 0.15) is 12.4 Å². The molecule has 0 N–H and O–H groups in total. The Morgan fingerprint density at radius 3 is 2.44 bits per heavy atom. The van der Waals surface area contributed by atoms with Crippen molar-refractivity contribution in [3.05, 3.63) is 11.6 Å². The molecule has 0 aromatic carbocycles. The summed E-state index contributed by atoms with van der Waals surface area (Å²) in [6.45, 7) is 8.71. The molecule has 4 rings (SSSR count). The molecule has 1 saturated heterocycles. The van der Waals surface area contributed by atoms with Crippen LogP contribution in [-0.2, 0) is 19.0 Å². The predicted octanol–water partition coefficient (Wildman–Crippen LogP) is 0.691. The zero-order valence-corrected chi connectivity index (χ0v) is 15.0. The van der Waals surface area contributed by atoms with Crippen LogP contribution in [-0.4, -0.2) is 58.3 Å². The first kappa shape index (κ1) is 15.9. The van der Waals surface area contributed by atoms with Crippen molar-refractivity contribution in [1.29, 1.82) is 0 Å². The zero-order chi connectivity index (χ0) is 17.6. The third-order valence-electron chi connectivity index (χ3n) is 4.34. The van der Waals surface area contributed by atoms with Crippen LogP contribution in [0.3, 0.4) is 0 Å². The standard InChI is InChI=1S/C15H22N10/c1-15(2,3)14-16-12-11(13(17-14)24-7-5-6-8-24)19-25(20-12)9-10-18-21-22-23(10)4/h5-9H2,1-4H3. The third-order valence-corrected chi connectivity index (χ3v) is 4.34. The molecule has 0 unspecified atom stereocenters. The number of tetrazole rings is 1. The van der Waals surface area contributed by atoms with Crippen LogP contribution >= 0.6 is 0 Å². The smallest absolute Gasteiger partial charge is 0.207 e. The molecule has 0 atom stereocenters. The van der Waals surface area contributed by atoms with E-state index < -0.39 is 0 Å². The summed E-state index contributed by atoms with van der Waals surface area (Å²) in [6, 6.07) is 0. The summed E-state index contributed by atoms with van der Waals surface area (Å²) >= 11 is 0. The third kappa shape index (κ3) is 2.92. The monoisotopic (exact) mass is 342 g/mol. The Hall–Kier alpha value is -2.65. The van der Waals surface area contributed by atoms with Crippen LogP contribution < -0.4 is 4.90 Å². The van der Waals surface area contributed by atoms with Gasteiger partial charge in [0, 0.05) is 25.6 Å². The summed E-state index contributed by atoms with van der Waals surface area (Å²) in [6.07, 6.45) is 2.35. The lowest BCUT2D eigenvalue weighted by Gasteiger charge is -2.21. The normalized spacial score (nSPS) is 15.4. The minimum atomic E-state index is -0.153. The van der Waals surface area contributed by atoms with E-state index >= 15 is 0 Å². The van der Waals surface area contributed by atoms with E-state index in [2.05, 4.69) is 56.4 Å². The Kier molecular flexibility index (Phi) is 3.62. The maximum absolute atomic E-state index is 4.84. The molecule has 132 valence electrons. The van der Waals surface area contributed by atoms with Crippen molar-refractivity contribution in [2.45, 2.75) is 45.6 Å². The van der Waals surface area contributed by atoms with E-state index in [1.807, 2.05) is 0 Å². The minimum Gasteiger partial charge on any atom is -0.355 e. The van der Waals surface area contributed by atoms with Gasteiger partial charge in [0.2, 0.25) is 5.65 Å². The van der Waals surface area contributed by atoms with Crippen LogP contribution in [0.4, 0.5) is 5.82 Å². The van der Waals surface area contributed by atoms with Gasteiger partial charge in [-0.3, -0.25) is 0 Å². The van der Waals surface area contributed by atoms with E-state index in [9.17, 15) is 0 Å². The Morgan fingerprint density at radius 2 is 1.80 bits per heavy atom. The number of nitrogens with zero attached hydrogens (tertiary/aromatic N) is 10. The van der Waals surface area contributed by atoms with Crippen molar-refractivity contribution in [2.24, 2.45) is 7.05 Å². The van der Waals surface area contributed by atoms with Gasteiger partial charge in [-0.2, -0.15) is 4.80 Å². The lowest BCUT2D eigenvalue weighted by atomic mass is 9.96. The first-order valence-corrected chi connectivity index (χ1v) is 8.51. The molecule has 1 fully saturated rings. The highest BCUT2D eigenvalue weighted by Crippen LogP contribution is 2.28. The van der Waals surface area contributed by atoms with E-state index in [0.29, 0.717) is 18.0 Å². The van der Waals surface area contributed by atoms with Crippen molar-refractivity contribution in [2.75, 3.05) is 18.0 Å². The van der Waals surface area contributed by atoms with Crippen molar-refractivity contribution in [1.82, 2.24) is 45.2 Å². The number of fused-ring (bicyclic) bond motifs is 1. The fourth-order valence-corrected chi connectivity index (χ4v) is 2.90. The second-order valence-corrected chi connectivity index (χ2v) is 7.44. The highest BCUT2D eigenvalue weighted by molar-refractivity contribution is 5.82. The average molecular weight is 342 g/mol. The Morgan fingerprint density at radius 1 is 1.04 bits per heavy atom. The van der Waals surface area contributed by atoms with Crippen LogP contribution in [0.15, 0.2) is 0 Å². The quantitative estimate of drug-likeness (QED) is 0.685. The second kappa shape index (κ2) is 5.71. The summed E-state index contributed by atoms with van der Waals surface area (Å²) in [5, 5.41) is 20.7. The van der Waals surface area contributed by atoms with Crippen LogP contribution in [0.5, 0.6) is 0 Å². The molecule has 3 aromatic rings. The van der Waals surface area contributed by atoms with E-state index in [1.54, 1.807) is 16.5 Å². The number of aryl methyl sites for hydroxylation is 1. The van der Waals surface area contributed by atoms with Crippen molar-refractivity contribution in [3.8, 4) is 0 Å². The second-order valence-electron chi connectivity index (χ2n) is 7.44. The number of hydrogen-bond acceptors (Lipinski definition) is 8. The lowest BCUT2D eigenvalue weighted by molar-refractivity contribution is 0.543. The van der Waals surface area contributed by atoms with Crippen LogP contribution in [0.25, 0.3) is 11.2 Å². The van der Waals surface area contributed by atoms with Gasteiger partial charge in [-0.1, -0.05) is 20.8 Å². The topological polar surface area (TPSA) is 103 Å². The van der Waals surface area contributed by atoms with E-state index in [1.165, 1.54) is 12.8 Å². The van der Waals surface area contributed by atoms with E-state index in [-0.39, 0.29) is 5.41 Å². The van der Waals surface area contributed by atoms with E-state index in [4.69, 9.17) is 4.98 Å². The summed E-state index contributed by atoms with van der Waals surface area (Å²) in [4.78, 5) is 13.4. The van der Waals surface area contributed by atoms with Gasteiger partial charge in [0.05, 0.1) is 0 Å². The number of anilines is 1. The maximum Gasteiger partial charge on any atom is 0.207 e. The first-order chi connectivity index (χ1) is 11.9. The van der Waals surface area contributed by atoms with Gasteiger partial charge in [0.15, 0.2) is 17.2 Å². The highest BCUT2D eigenvalue weighted by Gasteiger charge is 2.26. The molecular weight excluding hydrogens is 320 g/mol. The molecule has 4 heterocycles. The molecule has 3 aromatic heterocycles. The minimum absolute atomic E-state index is 0.153. The van der Waals surface area contributed by atoms with Crippen LogP contribution in [0, 0.1) is 0 Å². The molecule has 0 aliphatic carbocycles. The molecule has 0 spiro atoms. The molecule has 0 amide bonds. The summed E-state index contributed by atoms with van der Waals surface area (Å²) < 4.78 is 1.61. The fourth-order valence-electron chi connectivity index (χ4n) is 2.90. The molecule has 0 radical (unpaired) electrons. The number of hydrogen-bond donors (Lipinski definition) is 0. The fraction of sp³-hybridized carbons (Fsp3) is 0.667. The summed E-state index contributed by atoms with van der Waals surface area (Å²) in [5.74, 6) is 2.36. The maximum atomic E-state index is 4.84. The molecule has 10 heteroatoms. The van der Waals surface area contributed by atoms with Gasteiger partial charge < -0.3 is 4.90 Å². The molecule has 1 aliphatic heterocycles. The van der Waals surface area contributed by atoms with Gasteiger partial charge in [-0.25, -0.2) is 14.6 Å². The van der Waals surface area contributed by atoms with E-state index in [0.717, 1.165) is 30.2 Å². The zero-order valence-electron chi connectivity index (χ0n) is 15.0. The molecule has 1 aliphatic rings. The van der Waals surface area contributed by atoms with Crippen molar-refractivity contribution >= 4 is 17.0 Å². The van der Waals surface area contributed by atoms with Gasteiger partial charge >= 0.3 is 0 Å². The van der Waals surface area contributed by atoms with Crippen LogP contribution in [0.2, 0.25) is 0 Å². The largest absolute Gasteiger partial charge is 0.355 e. The SMILES string of the molecule is Cn1nnnc1Cn1nc2nc(C(C)(C)C)nc(N3CCCC3)c2n1. The molecular formula is C15H22N10. The average Bonchev–Trinajstić information content (AvgIpc) is 3.27.